The van der Waals surface area contributed by atoms with Crippen molar-refractivity contribution in [1.29, 1.82) is 0 Å². The van der Waals surface area contributed by atoms with E-state index in [4.69, 9.17) is 14.6 Å². The zero-order valence-electron chi connectivity index (χ0n) is 19.4. The van der Waals surface area contributed by atoms with Crippen molar-refractivity contribution in [3.05, 3.63) is 96.1 Å². The van der Waals surface area contributed by atoms with E-state index in [1.807, 2.05) is 65.6 Å². The van der Waals surface area contributed by atoms with Gasteiger partial charge in [0.15, 0.2) is 0 Å². The van der Waals surface area contributed by atoms with Crippen molar-refractivity contribution >= 4 is 23.8 Å². The van der Waals surface area contributed by atoms with Crippen LogP contribution in [0.5, 0.6) is 5.75 Å². The van der Waals surface area contributed by atoms with E-state index in [0.29, 0.717) is 37.7 Å². The van der Waals surface area contributed by atoms with E-state index in [0.717, 1.165) is 16.0 Å². The minimum absolute atomic E-state index is 0.0244. The highest BCUT2D eigenvalue weighted by atomic mass is 32.2. The minimum atomic E-state index is -0.821. The lowest BCUT2D eigenvalue weighted by Crippen LogP contribution is -2.39. The lowest BCUT2D eigenvalue weighted by molar-refractivity contribution is -0.137. The summed E-state index contributed by atoms with van der Waals surface area (Å²) >= 11 is 1.65. The molecule has 4 rings (SSSR count). The molecule has 3 aromatic carbocycles. The van der Waals surface area contributed by atoms with Crippen LogP contribution < -0.4 is 4.74 Å². The van der Waals surface area contributed by atoms with Gasteiger partial charge in [0.1, 0.15) is 12.4 Å². The second-order valence-corrected chi connectivity index (χ2v) is 9.47. The standard InChI is InChI=1S/C28H29NO5S/c30-26(31)15-8-17-33-23-13-7-14-24(19-23)35-18-16-29-25(20-34-28(29)32)27(21-9-3-1-4-10-21)22-11-5-2-6-12-22/h1-7,9-14,19,25,27H,8,15-18,20H2,(H,30,31)/t25-/m1/s1. The topological polar surface area (TPSA) is 76.1 Å². The number of amides is 1. The molecule has 1 aliphatic rings. The van der Waals surface area contributed by atoms with Crippen molar-refractivity contribution < 1.29 is 24.2 Å². The molecule has 182 valence electrons. The number of rotatable bonds is 12. The van der Waals surface area contributed by atoms with Crippen molar-refractivity contribution in [3.8, 4) is 5.75 Å². The van der Waals surface area contributed by atoms with Crippen molar-refractivity contribution in [2.75, 3.05) is 25.5 Å². The zero-order chi connectivity index (χ0) is 24.5. The molecule has 1 aliphatic heterocycles. The van der Waals surface area contributed by atoms with Gasteiger partial charge in [-0.1, -0.05) is 66.7 Å². The molecule has 35 heavy (non-hydrogen) atoms. The van der Waals surface area contributed by atoms with Crippen LogP contribution in [0.25, 0.3) is 0 Å². The second kappa shape index (κ2) is 12.3. The van der Waals surface area contributed by atoms with Crippen molar-refractivity contribution in [2.24, 2.45) is 0 Å². The highest BCUT2D eigenvalue weighted by Gasteiger charge is 2.39. The first-order valence-electron chi connectivity index (χ1n) is 11.7. The quantitative estimate of drug-likeness (QED) is 0.260. The molecule has 1 amide bonds. The lowest BCUT2D eigenvalue weighted by atomic mass is 9.85. The Morgan fingerprint density at radius 2 is 1.71 bits per heavy atom. The Balaban J connectivity index is 1.40. The van der Waals surface area contributed by atoms with Crippen molar-refractivity contribution in [2.45, 2.75) is 29.7 Å². The Kier molecular flexibility index (Phi) is 8.68. The number of aliphatic carboxylic acids is 1. The van der Waals surface area contributed by atoms with E-state index >= 15 is 0 Å². The van der Waals surface area contributed by atoms with Crippen LogP contribution in [-0.2, 0) is 9.53 Å². The van der Waals surface area contributed by atoms with Gasteiger partial charge in [-0.3, -0.25) is 4.79 Å². The average Bonchev–Trinajstić information content (AvgIpc) is 3.23. The number of thioether (sulfide) groups is 1. The summed E-state index contributed by atoms with van der Waals surface area (Å²) in [4.78, 5) is 26.2. The van der Waals surface area contributed by atoms with Crippen LogP contribution in [0.4, 0.5) is 4.79 Å². The number of carboxylic acid groups (broad SMARTS) is 1. The molecule has 6 nitrogen and oxygen atoms in total. The number of nitrogens with zero attached hydrogens (tertiary/aromatic N) is 1. The number of hydrogen-bond donors (Lipinski definition) is 1. The highest BCUT2D eigenvalue weighted by molar-refractivity contribution is 7.99. The fourth-order valence-electron chi connectivity index (χ4n) is 4.28. The summed E-state index contributed by atoms with van der Waals surface area (Å²) in [7, 11) is 0. The number of carboxylic acids is 1. The van der Waals surface area contributed by atoms with Gasteiger partial charge in [0.25, 0.3) is 0 Å². The molecule has 0 radical (unpaired) electrons. The molecule has 7 heteroatoms. The smallest absolute Gasteiger partial charge is 0.410 e. The van der Waals surface area contributed by atoms with Crippen LogP contribution in [-0.4, -0.2) is 53.6 Å². The third-order valence-electron chi connectivity index (χ3n) is 5.92. The monoisotopic (exact) mass is 491 g/mol. The predicted octanol–water partition coefficient (Wildman–Crippen LogP) is 5.68. The molecule has 0 aliphatic carbocycles. The molecule has 1 atom stereocenters. The Hall–Kier alpha value is -3.45. The number of benzene rings is 3. The van der Waals surface area contributed by atoms with Gasteiger partial charge in [-0.2, -0.15) is 0 Å². The summed E-state index contributed by atoms with van der Waals surface area (Å²) in [6.45, 7) is 1.29. The molecule has 1 heterocycles. The number of carbonyl (C=O) groups is 2. The fourth-order valence-corrected chi connectivity index (χ4v) is 5.18. The summed E-state index contributed by atoms with van der Waals surface area (Å²) in [6.07, 6.45) is 0.284. The lowest BCUT2D eigenvalue weighted by Gasteiger charge is -2.30. The summed E-state index contributed by atoms with van der Waals surface area (Å²) in [5.41, 5.74) is 2.32. The maximum absolute atomic E-state index is 12.7. The van der Waals surface area contributed by atoms with E-state index in [1.54, 1.807) is 11.8 Å². The third kappa shape index (κ3) is 6.79. The van der Waals surface area contributed by atoms with Crippen molar-refractivity contribution in [1.82, 2.24) is 4.90 Å². The van der Waals surface area contributed by atoms with Crippen LogP contribution in [0.3, 0.4) is 0 Å². The van der Waals surface area contributed by atoms with Crippen LogP contribution in [0.15, 0.2) is 89.8 Å². The molecule has 0 unspecified atom stereocenters. The van der Waals surface area contributed by atoms with E-state index in [-0.39, 0.29) is 24.5 Å². The van der Waals surface area contributed by atoms with E-state index in [2.05, 4.69) is 24.3 Å². The van der Waals surface area contributed by atoms with E-state index < -0.39 is 5.97 Å². The molecule has 0 spiro atoms. The highest BCUT2D eigenvalue weighted by Crippen LogP contribution is 2.34. The molecule has 0 aromatic heterocycles. The van der Waals surface area contributed by atoms with Gasteiger partial charge in [0, 0.05) is 29.5 Å². The maximum Gasteiger partial charge on any atom is 0.410 e. The van der Waals surface area contributed by atoms with E-state index in [9.17, 15) is 9.59 Å². The predicted molar refractivity (Wildman–Crippen MR) is 136 cm³/mol. The molecular weight excluding hydrogens is 462 g/mol. The first-order chi connectivity index (χ1) is 17.1. The zero-order valence-corrected chi connectivity index (χ0v) is 20.2. The minimum Gasteiger partial charge on any atom is -0.494 e. The van der Waals surface area contributed by atoms with Gasteiger partial charge in [0.05, 0.1) is 12.6 Å². The number of ether oxygens (including phenoxy) is 2. The van der Waals surface area contributed by atoms with Crippen LogP contribution in [0.2, 0.25) is 0 Å². The van der Waals surface area contributed by atoms with Gasteiger partial charge in [-0.15, -0.1) is 11.8 Å². The normalized spacial score (nSPS) is 15.3. The van der Waals surface area contributed by atoms with Crippen molar-refractivity contribution in [3.63, 3.8) is 0 Å². The van der Waals surface area contributed by atoms with Crippen LogP contribution in [0, 0.1) is 0 Å². The summed E-state index contributed by atoms with van der Waals surface area (Å²) in [6, 6.07) is 28.2. The molecule has 3 aromatic rings. The summed E-state index contributed by atoms with van der Waals surface area (Å²) in [5.74, 6) is 0.631. The van der Waals surface area contributed by atoms with E-state index in [1.165, 1.54) is 0 Å². The average molecular weight is 492 g/mol. The molecular formula is C28H29NO5S. The van der Waals surface area contributed by atoms with Gasteiger partial charge in [0.2, 0.25) is 0 Å². The molecule has 0 bridgehead atoms. The largest absolute Gasteiger partial charge is 0.494 e. The fraction of sp³-hybridized carbons (Fsp3) is 0.286. The second-order valence-electron chi connectivity index (χ2n) is 8.31. The Bertz CT molecular complexity index is 1070. The van der Waals surface area contributed by atoms with Crippen LogP contribution >= 0.6 is 11.8 Å². The molecule has 1 fully saturated rings. The Morgan fingerprint density at radius 1 is 1.03 bits per heavy atom. The van der Waals surface area contributed by atoms with Gasteiger partial charge >= 0.3 is 12.1 Å². The van der Waals surface area contributed by atoms with Gasteiger partial charge in [-0.25, -0.2) is 4.79 Å². The molecule has 0 saturated carbocycles. The van der Waals surface area contributed by atoms with Gasteiger partial charge in [-0.05, 0) is 35.7 Å². The Labute approximate surface area is 209 Å². The number of hydrogen-bond acceptors (Lipinski definition) is 5. The van der Waals surface area contributed by atoms with Crippen LogP contribution in [0.1, 0.15) is 29.9 Å². The molecule has 1 saturated heterocycles. The first kappa shape index (κ1) is 24.7. The molecule has 1 N–H and O–H groups in total. The maximum atomic E-state index is 12.7. The summed E-state index contributed by atoms with van der Waals surface area (Å²) in [5, 5.41) is 8.75. The van der Waals surface area contributed by atoms with Gasteiger partial charge < -0.3 is 19.5 Å². The Morgan fingerprint density at radius 3 is 2.37 bits per heavy atom. The number of carbonyl (C=O) groups excluding carboxylic acids is 1. The first-order valence-corrected chi connectivity index (χ1v) is 12.7. The SMILES string of the molecule is O=C(O)CCCOc1cccc(SCCN2C(=O)OC[C@@H]2C(c2ccccc2)c2ccccc2)c1. The summed E-state index contributed by atoms with van der Waals surface area (Å²) < 4.78 is 11.2. The number of cyclic esters (lactones) is 1. The third-order valence-corrected chi connectivity index (χ3v) is 6.90.